The van der Waals surface area contributed by atoms with E-state index in [0.717, 1.165) is 65.2 Å². The van der Waals surface area contributed by atoms with Gasteiger partial charge in [0.05, 0.1) is 6.54 Å². The number of rotatable bonds is 1. The molecule has 1 unspecified atom stereocenters. The van der Waals surface area contributed by atoms with E-state index in [9.17, 15) is 4.57 Å². The molecule has 0 aromatic rings. The van der Waals surface area contributed by atoms with Gasteiger partial charge in [-0.25, -0.2) is 14.0 Å². The third-order valence-corrected chi connectivity index (χ3v) is 7.84. The molecule has 106 valence electrons. The summed E-state index contributed by atoms with van der Waals surface area (Å²) in [6, 6.07) is 0. The molecule has 3 aliphatic heterocycles. The van der Waals surface area contributed by atoms with E-state index < -0.39 is 7.59 Å². The van der Waals surface area contributed by atoms with Gasteiger partial charge in [-0.2, -0.15) is 0 Å². The molecule has 0 aliphatic carbocycles. The zero-order valence-corrected chi connectivity index (χ0v) is 12.4. The minimum atomic E-state index is -2.41. The largest absolute Gasteiger partial charge is 0.291 e. The zero-order chi connectivity index (χ0) is 13.3. The summed E-state index contributed by atoms with van der Waals surface area (Å²) in [6.45, 7) is 8.39. The summed E-state index contributed by atoms with van der Waals surface area (Å²) < 4.78 is 20.2. The lowest BCUT2D eigenvalue weighted by molar-refractivity contribution is 0.248. The Morgan fingerprint density at radius 3 is 1.95 bits per heavy atom. The highest BCUT2D eigenvalue weighted by Gasteiger charge is 2.49. The molecule has 1 atom stereocenters. The molecule has 3 heterocycles. The van der Waals surface area contributed by atoms with Crippen molar-refractivity contribution in [1.82, 2.24) is 18.9 Å². The van der Waals surface area contributed by atoms with E-state index in [-0.39, 0.29) is 0 Å². The van der Waals surface area contributed by atoms with Gasteiger partial charge in [-0.15, -0.1) is 6.42 Å². The molecular formula is C13H23N4OP. The van der Waals surface area contributed by atoms with Crippen molar-refractivity contribution in [3.05, 3.63) is 0 Å². The fourth-order valence-corrected chi connectivity index (χ4v) is 6.78. The Hall–Kier alpha value is -0.370. The fourth-order valence-electron chi connectivity index (χ4n) is 3.45. The van der Waals surface area contributed by atoms with Gasteiger partial charge in [0.15, 0.2) is 0 Å². The second-order valence-electron chi connectivity index (χ2n) is 5.56. The molecule has 19 heavy (non-hydrogen) atoms. The molecule has 0 aromatic heterocycles. The van der Waals surface area contributed by atoms with E-state index in [2.05, 4.69) is 24.8 Å². The van der Waals surface area contributed by atoms with Crippen molar-refractivity contribution in [2.45, 2.75) is 12.8 Å². The molecule has 0 radical (unpaired) electrons. The third kappa shape index (κ3) is 2.37. The molecule has 0 spiro atoms. The number of nitrogens with zero attached hydrogens (tertiary/aromatic N) is 4. The standard InChI is InChI=1S/C13H23N4OP/c1-2-5-14-6-3-7-16-12-13-17-9-4-8-15(11-10-14)19(16,17)18/h1H,3-13H2. The summed E-state index contributed by atoms with van der Waals surface area (Å²) in [4.78, 5) is 2.31. The first-order valence-electron chi connectivity index (χ1n) is 7.27. The lowest BCUT2D eigenvalue weighted by Gasteiger charge is -2.42. The van der Waals surface area contributed by atoms with Crippen LogP contribution in [-0.2, 0) is 4.57 Å². The second-order valence-corrected chi connectivity index (χ2v) is 8.29. The summed E-state index contributed by atoms with van der Waals surface area (Å²) in [7, 11) is -2.41. The van der Waals surface area contributed by atoms with Gasteiger partial charge in [0, 0.05) is 52.4 Å². The molecule has 0 saturated carbocycles. The highest BCUT2D eigenvalue weighted by molar-refractivity contribution is 7.56. The van der Waals surface area contributed by atoms with Crippen LogP contribution in [0.2, 0.25) is 0 Å². The van der Waals surface area contributed by atoms with Crippen molar-refractivity contribution >= 4 is 7.59 Å². The number of terminal acetylenes is 1. The van der Waals surface area contributed by atoms with Crippen molar-refractivity contribution < 1.29 is 4.57 Å². The van der Waals surface area contributed by atoms with Crippen LogP contribution < -0.4 is 0 Å². The maximum Gasteiger partial charge on any atom is 0.287 e. The molecule has 0 aromatic carbocycles. The quantitative estimate of drug-likeness (QED) is 0.523. The van der Waals surface area contributed by atoms with Gasteiger partial charge in [0.1, 0.15) is 0 Å². The van der Waals surface area contributed by atoms with Gasteiger partial charge in [0.2, 0.25) is 0 Å². The summed E-state index contributed by atoms with van der Waals surface area (Å²) in [5.41, 5.74) is 0. The SMILES string of the molecule is C#CCN1CCCN2CCN3CCCN(CC1)P23=O. The maximum atomic E-state index is 13.4. The summed E-state index contributed by atoms with van der Waals surface area (Å²) in [5, 5.41) is 0. The minimum absolute atomic E-state index is 0.710. The van der Waals surface area contributed by atoms with Crippen molar-refractivity contribution in [2.24, 2.45) is 0 Å². The first kappa shape index (κ1) is 13.6. The number of hydrogen-bond donors (Lipinski definition) is 0. The molecule has 6 heteroatoms. The first-order valence-corrected chi connectivity index (χ1v) is 8.84. The smallest absolute Gasteiger partial charge is 0.287 e. The Morgan fingerprint density at radius 2 is 1.37 bits per heavy atom. The van der Waals surface area contributed by atoms with Crippen molar-refractivity contribution in [2.75, 3.05) is 58.9 Å². The summed E-state index contributed by atoms with van der Waals surface area (Å²) in [5.74, 6) is 2.74. The monoisotopic (exact) mass is 282 g/mol. The van der Waals surface area contributed by atoms with E-state index in [1.165, 1.54) is 0 Å². The highest BCUT2D eigenvalue weighted by atomic mass is 31.2. The second kappa shape index (κ2) is 5.55. The molecule has 5 nitrogen and oxygen atoms in total. The molecule has 3 rings (SSSR count). The lowest BCUT2D eigenvalue weighted by atomic mass is 10.3. The average Bonchev–Trinajstić information content (AvgIpc) is 2.75. The molecule has 3 fully saturated rings. The predicted molar refractivity (Wildman–Crippen MR) is 76.8 cm³/mol. The Kier molecular flexibility index (Phi) is 3.98. The van der Waals surface area contributed by atoms with E-state index in [1.807, 2.05) is 0 Å². The lowest BCUT2D eigenvalue weighted by Crippen LogP contribution is -2.42. The fraction of sp³-hybridized carbons (Fsp3) is 0.846. The molecule has 0 amide bonds. The van der Waals surface area contributed by atoms with Crippen LogP contribution >= 0.6 is 7.59 Å². The van der Waals surface area contributed by atoms with E-state index in [0.29, 0.717) is 6.54 Å². The van der Waals surface area contributed by atoms with Gasteiger partial charge < -0.3 is 0 Å². The van der Waals surface area contributed by atoms with E-state index in [1.54, 1.807) is 0 Å². The Bertz CT molecular complexity index is 421. The zero-order valence-electron chi connectivity index (χ0n) is 11.5. The van der Waals surface area contributed by atoms with E-state index in [4.69, 9.17) is 6.42 Å². The number of hydrogen-bond acceptors (Lipinski definition) is 2. The average molecular weight is 282 g/mol. The Labute approximate surface area is 116 Å². The van der Waals surface area contributed by atoms with Gasteiger partial charge in [-0.05, 0) is 12.8 Å². The summed E-state index contributed by atoms with van der Waals surface area (Å²) in [6.07, 6.45) is 7.62. The van der Waals surface area contributed by atoms with Crippen LogP contribution in [0.1, 0.15) is 12.8 Å². The highest BCUT2D eigenvalue weighted by Crippen LogP contribution is 2.61. The van der Waals surface area contributed by atoms with Gasteiger partial charge in [-0.3, -0.25) is 9.46 Å². The minimum Gasteiger partial charge on any atom is -0.291 e. The molecule has 0 bridgehead atoms. The summed E-state index contributed by atoms with van der Waals surface area (Å²) >= 11 is 0. The molecule has 0 N–H and O–H groups in total. The van der Waals surface area contributed by atoms with Gasteiger partial charge in [0.25, 0.3) is 7.59 Å². The van der Waals surface area contributed by atoms with Crippen LogP contribution in [0.5, 0.6) is 0 Å². The van der Waals surface area contributed by atoms with Crippen LogP contribution in [0.25, 0.3) is 0 Å². The van der Waals surface area contributed by atoms with Crippen LogP contribution in [0.3, 0.4) is 0 Å². The maximum absolute atomic E-state index is 13.4. The first-order chi connectivity index (χ1) is 9.25. The van der Waals surface area contributed by atoms with Crippen molar-refractivity contribution in [1.29, 1.82) is 0 Å². The van der Waals surface area contributed by atoms with Gasteiger partial charge in [-0.1, -0.05) is 5.92 Å². The Morgan fingerprint density at radius 1 is 0.842 bits per heavy atom. The van der Waals surface area contributed by atoms with Crippen molar-refractivity contribution in [3.8, 4) is 12.3 Å². The topological polar surface area (TPSA) is 30.0 Å². The Balaban J connectivity index is 1.80. The van der Waals surface area contributed by atoms with Gasteiger partial charge >= 0.3 is 0 Å². The van der Waals surface area contributed by atoms with Crippen LogP contribution in [0.15, 0.2) is 0 Å². The van der Waals surface area contributed by atoms with Crippen LogP contribution in [-0.4, -0.2) is 77.8 Å². The van der Waals surface area contributed by atoms with Crippen molar-refractivity contribution in [3.63, 3.8) is 0 Å². The van der Waals surface area contributed by atoms with Crippen LogP contribution in [0.4, 0.5) is 0 Å². The van der Waals surface area contributed by atoms with Crippen LogP contribution in [0, 0.1) is 12.3 Å². The predicted octanol–water partition coefficient (Wildman–Crippen LogP) is 0.757. The molecular weight excluding hydrogens is 259 g/mol. The third-order valence-electron chi connectivity index (χ3n) is 4.43. The van der Waals surface area contributed by atoms with E-state index >= 15 is 0 Å². The normalized spacial score (nSPS) is 35.1. The molecule has 3 aliphatic rings. The molecule has 3 saturated heterocycles.